The van der Waals surface area contributed by atoms with Crippen LogP contribution in [0.15, 0.2) is 18.2 Å². The summed E-state index contributed by atoms with van der Waals surface area (Å²) in [5, 5.41) is 4.12. The second-order valence-electron chi connectivity index (χ2n) is 4.08. The van der Waals surface area contributed by atoms with Gasteiger partial charge in [0.05, 0.1) is 0 Å². The molecule has 3 heteroatoms. The third-order valence-corrected chi connectivity index (χ3v) is 2.93. The lowest BCUT2D eigenvalue weighted by Crippen LogP contribution is -2.18. The highest BCUT2D eigenvalue weighted by atomic mass is 16.1. The first-order valence-corrected chi connectivity index (χ1v) is 6.15. The van der Waals surface area contributed by atoms with Crippen LogP contribution in [0.4, 0.5) is 5.82 Å². The van der Waals surface area contributed by atoms with E-state index in [0.717, 1.165) is 17.8 Å². The standard InChI is InChI=1S/C12H12N2O.C2H6/c1-7-2-4-10-9(6-7)8-3-5-11(15)14-12(8)13-10;1-2/h2,4,6,13H,3,5H2,1H3,(H,14,15);1-2H3. The number of H-pyrrole nitrogens is 1. The number of benzene rings is 1. The molecule has 2 heterocycles. The van der Waals surface area contributed by atoms with Crippen molar-refractivity contribution in [2.45, 2.75) is 33.6 Å². The predicted molar refractivity (Wildman–Crippen MR) is 71.3 cm³/mol. The molecule has 0 spiro atoms. The molecule has 17 heavy (non-hydrogen) atoms. The number of aryl methyl sites for hydroxylation is 2. The van der Waals surface area contributed by atoms with Crippen molar-refractivity contribution in [3.05, 3.63) is 29.3 Å². The summed E-state index contributed by atoms with van der Waals surface area (Å²) in [7, 11) is 0. The summed E-state index contributed by atoms with van der Waals surface area (Å²) < 4.78 is 0. The normalized spacial score (nSPS) is 13.7. The number of amides is 1. The molecule has 0 saturated carbocycles. The number of carbonyl (C=O) groups is 1. The van der Waals surface area contributed by atoms with E-state index in [1.165, 1.54) is 16.5 Å². The molecule has 0 atom stereocenters. The van der Waals surface area contributed by atoms with E-state index in [-0.39, 0.29) is 5.91 Å². The molecule has 1 aromatic carbocycles. The van der Waals surface area contributed by atoms with Gasteiger partial charge in [-0.05, 0) is 25.5 Å². The Bertz CT molecular complexity index is 555. The highest BCUT2D eigenvalue weighted by Crippen LogP contribution is 2.30. The largest absolute Gasteiger partial charge is 0.341 e. The fourth-order valence-electron chi connectivity index (χ4n) is 2.17. The molecule has 0 fully saturated rings. The van der Waals surface area contributed by atoms with E-state index in [4.69, 9.17) is 0 Å². The molecule has 0 radical (unpaired) electrons. The number of anilines is 1. The zero-order valence-electron chi connectivity index (χ0n) is 10.6. The Balaban J connectivity index is 0.000000514. The molecule has 0 saturated heterocycles. The van der Waals surface area contributed by atoms with Crippen molar-refractivity contribution in [1.29, 1.82) is 0 Å². The number of fused-ring (bicyclic) bond motifs is 3. The number of hydrogen-bond acceptors (Lipinski definition) is 1. The van der Waals surface area contributed by atoms with Gasteiger partial charge in [0.15, 0.2) is 0 Å². The molecule has 1 aliphatic heterocycles. The minimum atomic E-state index is 0.103. The van der Waals surface area contributed by atoms with Crippen molar-refractivity contribution in [3.63, 3.8) is 0 Å². The van der Waals surface area contributed by atoms with Crippen molar-refractivity contribution in [1.82, 2.24) is 4.98 Å². The number of nitrogens with one attached hydrogen (secondary N) is 2. The first-order chi connectivity index (χ1) is 8.24. The average Bonchev–Trinajstić information content (AvgIpc) is 2.68. The van der Waals surface area contributed by atoms with E-state index < -0.39 is 0 Å². The Kier molecular flexibility index (Phi) is 3.18. The third-order valence-electron chi connectivity index (χ3n) is 2.93. The molecule has 1 aliphatic rings. The highest BCUT2D eigenvalue weighted by Gasteiger charge is 2.19. The summed E-state index contributed by atoms with van der Waals surface area (Å²) in [6.45, 7) is 6.08. The maximum atomic E-state index is 11.2. The van der Waals surface area contributed by atoms with Crippen LogP contribution < -0.4 is 5.32 Å². The lowest BCUT2D eigenvalue weighted by molar-refractivity contribution is -0.116. The molecule has 0 unspecified atom stereocenters. The topological polar surface area (TPSA) is 44.9 Å². The average molecular weight is 230 g/mol. The van der Waals surface area contributed by atoms with Gasteiger partial charge in [-0.2, -0.15) is 0 Å². The Hall–Kier alpha value is -1.77. The summed E-state index contributed by atoms with van der Waals surface area (Å²) in [5.41, 5.74) is 3.60. The highest BCUT2D eigenvalue weighted by molar-refractivity contribution is 5.99. The molecule has 1 aromatic heterocycles. The van der Waals surface area contributed by atoms with Gasteiger partial charge < -0.3 is 10.3 Å². The van der Waals surface area contributed by atoms with E-state index in [1.54, 1.807) is 0 Å². The van der Waals surface area contributed by atoms with Gasteiger partial charge in [-0.15, -0.1) is 0 Å². The van der Waals surface area contributed by atoms with Crippen LogP contribution in [0.2, 0.25) is 0 Å². The predicted octanol–water partition coefficient (Wildman–Crippen LogP) is 3.39. The lowest BCUT2D eigenvalue weighted by Gasteiger charge is -2.11. The van der Waals surface area contributed by atoms with Gasteiger partial charge >= 0.3 is 0 Å². The molecule has 0 aliphatic carbocycles. The van der Waals surface area contributed by atoms with E-state index >= 15 is 0 Å². The molecule has 2 aromatic rings. The molecular formula is C14H18N2O. The fraction of sp³-hybridized carbons (Fsp3) is 0.357. The van der Waals surface area contributed by atoms with E-state index in [9.17, 15) is 4.79 Å². The van der Waals surface area contributed by atoms with Crippen molar-refractivity contribution in [2.24, 2.45) is 0 Å². The molecule has 3 nitrogen and oxygen atoms in total. The van der Waals surface area contributed by atoms with Crippen molar-refractivity contribution in [2.75, 3.05) is 5.32 Å². The third kappa shape index (κ3) is 2.05. The van der Waals surface area contributed by atoms with Crippen LogP contribution in [0, 0.1) is 6.92 Å². The monoisotopic (exact) mass is 230 g/mol. The fourth-order valence-corrected chi connectivity index (χ4v) is 2.17. The number of aromatic nitrogens is 1. The molecular weight excluding hydrogens is 212 g/mol. The van der Waals surface area contributed by atoms with Gasteiger partial charge in [-0.25, -0.2) is 0 Å². The van der Waals surface area contributed by atoms with Crippen LogP contribution in [0.3, 0.4) is 0 Å². The minimum Gasteiger partial charge on any atom is -0.341 e. The van der Waals surface area contributed by atoms with Crippen LogP contribution in [-0.4, -0.2) is 10.9 Å². The molecule has 1 amide bonds. The van der Waals surface area contributed by atoms with Crippen molar-refractivity contribution >= 4 is 22.6 Å². The number of hydrogen-bond donors (Lipinski definition) is 2. The number of carbonyl (C=O) groups excluding carboxylic acids is 1. The van der Waals surface area contributed by atoms with Gasteiger partial charge in [-0.3, -0.25) is 4.79 Å². The van der Waals surface area contributed by atoms with Crippen LogP contribution >= 0.6 is 0 Å². The zero-order valence-corrected chi connectivity index (χ0v) is 10.6. The quantitative estimate of drug-likeness (QED) is 0.716. The van der Waals surface area contributed by atoms with Gasteiger partial charge in [0.2, 0.25) is 5.91 Å². The SMILES string of the molecule is CC.Cc1ccc2[nH]c3c(c2c1)CCC(=O)N3. The maximum Gasteiger partial charge on any atom is 0.225 e. The van der Waals surface area contributed by atoms with Crippen LogP contribution in [0.25, 0.3) is 10.9 Å². The first kappa shape index (κ1) is 11.7. The second-order valence-corrected chi connectivity index (χ2v) is 4.08. The first-order valence-electron chi connectivity index (χ1n) is 6.15. The Morgan fingerprint density at radius 1 is 1.18 bits per heavy atom. The number of aromatic amines is 1. The summed E-state index contributed by atoms with van der Waals surface area (Å²) >= 11 is 0. The summed E-state index contributed by atoms with van der Waals surface area (Å²) in [5.74, 6) is 0.984. The summed E-state index contributed by atoms with van der Waals surface area (Å²) in [6.07, 6.45) is 1.43. The van der Waals surface area contributed by atoms with Gasteiger partial charge in [0.25, 0.3) is 0 Å². The minimum absolute atomic E-state index is 0.103. The van der Waals surface area contributed by atoms with Gasteiger partial charge in [-0.1, -0.05) is 25.5 Å². The Labute approximate surface area is 101 Å². The van der Waals surface area contributed by atoms with E-state index in [2.05, 4.69) is 35.4 Å². The maximum absolute atomic E-state index is 11.2. The number of rotatable bonds is 0. The van der Waals surface area contributed by atoms with Crippen LogP contribution in [0.5, 0.6) is 0 Å². The van der Waals surface area contributed by atoms with E-state index in [0.29, 0.717) is 6.42 Å². The van der Waals surface area contributed by atoms with Crippen LogP contribution in [0.1, 0.15) is 31.4 Å². The van der Waals surface area contributed by atoms with Gasteiger partial charge in [0, 0.05) is 22.9 Å². The zero-order chi connectivity index (χ0) is 12.4. The molecule has 90 valence electrons. The molecule has 0 bridgehead atoms. The summed E-state index contributed by atoms with van der Waals surface area (Å²) in [4.78, 5) is 14.5. The second kappa shape index (κ2) is 4.62. The van der Waals surface area contributed by atoms with Crippen LogP contribution in [-0.2, 0) is 11.2 Å². The summed E-state index contributed by atoms with van der Waals surface area (Å²) in [6, 6.07) is 6.31. The molecule has 2 N–H and O–H groups in total. The van der Waals surface area contributed by atoms with Crippen molar-refractivity contribution in [3.8, 4) is 0 Å². The van der Waals surface area contributed by atoms with E-state index in [1.807, 2.05) is 13.8 Å². The molecule has 3 rings (SSSR count). The Morgan fingerprint density at radius 3 is 2.71 bits per heavy atom. The Morgan fingerprint density at radius 2 is 1.94 bits per heavy atom. The van der Waals surface area contributed by atoms with Gasteiger partial charge in [0.1, 0.15) is 5.82 Å². The van der Waals surface area contributed by atoms with Crippen molar-refractivity contribution < 1.29 is 4.79 Å². The smallest absolute Gasteiger partial charge is 0.225 e. The lowest BCUT2D eigenvalue weighted by atomic mass is 10.0.